The molecule has 56 heavy (non-hydrogen) atoms. The minimum atomic E-state index is -1.22. The Hall–Kier alpha value is -7.60. The van der Waals surface area contributed by atoms with Crippen LogP contribution in [0.4, 0.5) is 31.5 Å². The van der Waals surface area contributed by atoms with Gasteiger partial charge in [0.05, 0.1) is 22.8 Å². The number of nitrogens with zero attached hydrogens (tertiary/aromatic N) is 5. The van der Waals surface area contributed by atoms with Crippen LogP contribution in [0, 0.1) is 23.0 Å². The van der Waals surface area contributed by atoms with Gasteiger partial charge in [0.1, 0.15) is 40.0 Å². The van der Waals surface area contributed by atoms with Crippen LogP contribution in [0.1, 0.15) is 57.4 Å². The van der Waals surface area contributed by atoms with Crippen LogP contribution < -0.4 is 21.8 Å². The van der Waals surface area contributed by atoms with E-state index in [1.807, 2.05) is 6.07 Å². The fourth-order valence-electron chi connectivity index (χ4n) is 5.91. The van der Waals surface area contributed by atoms with Gasteiger partial charge in [0.15, 0.2) is 5.78 Å². The maximum Gasteiger partial charge on any atom is 0.350 e. The highest BCUT2D eigenvalue weighted by Gasteiger charge is 2.29. The van der Waals surface area contributed by atoms with Crippen LogP contribution in [-0.4, -0.2) is 37.3 Å². The summed E-state index contributed by atoms with van der Waals surface area (Å²) in [7, 11) is 0. The number of aryl methyl sites for hydroxylation is 2. The Bertz CT molecular complexity index is 2690. The molecule has 4 aromatic carbocycles. The fourth-order valence-corrected chi connectivity index (χ4v) is 5.91. The van der Waals surface area contributed by atoms with E-state index in [1.165, 1.54) is 37.3 Å². The van der Waals surface area contributed by atoms with Gasteiger partial charge < -0.3 is 15.4 Å². The second-order valence-corrected chi connectivity index (χ2v) is 12.2. The number of halogens is 2. The molecule has 0 spiro atoms. The first kappa shape index (κ1) is 38.1. The molecule has 0 radical (unpaired) electrons. The third kappa shape index (κ3) is 7.85. The lowest BCUT2D eigenvalue weighted by Gasteiger charge is -2.17. The van der Waals surface area contributed by atoms with E-state index in [9.17, 15) is 38.0 Å². The number of anilines is 4. The average Bonchev–Trinajstić information content (AvgIpc) is 3.19. The molecule has 6 rings (SSSR count). The molecule has 0 unspecified atom stereocenters. The third-order valence-electron chi connectivity index (χ3n) is 8.46. The fraction of sp³-hybridized carbons (Fsp3) is 0.122. The number of hydrogen-bond acceptors (Lipinski definition) is 11. The highest BCUT2D eigenvalue weighted by Crippen LogP contribution is 2.31. The van der Waals surface area contributed by atoms with E-state index < -0.39 is 40.5 Å². The number of hydrogen-bond donors (Lipinski definition) is 2. The number of ketones is 1. The zero-order chi connectivity index (χ0) is 40.1. The number of carbonyl (C=O) groups is 3. The Kier molecular flexibility index (Phi) is 11.0. The third-order valence-corrected chi connectivity index (χ3v) is 8.46. The van der Waals surface area contributed by atoms with Crippen molar-refractivity contribution < 1.29 is 27.9 Å². The maximum absolute atomic E-state index is 14.1. The lowest BCUT2D eigenvalue weighted by atomic mass is 10.00. The monoisotopic (exact) mass is 755 g/mol. The summed E-state index contributed by atoms with van der Waals surface area (Å²) in [5, 5.41) is 23.8. The number of benzene rings is 4. The molecule has 6 aromatic rings. The number of Topliss-reactive ketones (excluding diaryl/α,β-unsaturated/α-hetero) is 1. The van der Waals surface area contributed by atoms with Gasteiger partial charge in [0.2, 0.25) is 0 Å². The summed E-state index contributed by atoms with van der Waals surface area (Å²) in [5.74, 6) is -4.83. The van der Waals surface area contributed by atoms with Crippen LogP contribution in [-0.2, 0) is 17.8 Å². The van der Waals surface area contributed by atoms with E-state index in [-0.39, 0.29) is 69.4 Å². The zero-order valence-corrected chi connectivity index (χ0v) is 30.1. The number of nitriles is 1. The van der Waals surface area contributed by atoms with E-state index in [4.69, 9.17) is 4.74 Å². The summed E-state index contributed by atoms with van der Waals surface area (Å²) >= 11 is 0. The van der Waals surface area contributed by atoms with Crippen molar-refractivity contribution in [1.82, 2.24) is 19.6 Å². The molecule has 280 valence electrons. The largest absolute Gasteiger partial charge is 0.386 e. The minimum absolute atomic E-state index is 0.0351. The van der Waals surface area contributed by atoms with Gasteiger partial charge in [-0.25, -0.2) is 27.7 Å². The molecule has 0 aliphatic rings. The summed E-state index contributed by atoms with van der Waals surface area (Å²) in [6.07, 6.45) is 0. The number of aromatic nitrogens is 4. The summed E-state index contributed by atoms with van der Waals surface area (Å²) in [6, 6.07) is 24.8. The highest BCUT2D eigenvalue weighted by molar-refractivity contribution is 6.09. The van der Waals surface area contributed by atoms with Gasteiger partial charge in [-0.3, -0.25) is 14.4 Å². The highest BCUT2D eigenvalue weighted by atomic mass is 19.1. The topological polar surface area (TPSA) is 178 Å². The van der Waals surface area contributed by atoms with E-state index in [0.717, 1.165) is 21.5 Å². The first-order valence-corrected chi connectivity index (χ1v) is 17.2. The van der Waals surface area contributed by atoms with Crippen LogP contribution >= 0.6 is 0 Å². The van der Waals surface area contributed by atoms with Gasteiger partial charge in [0, 0.05) is 41.7 Å². The van der Waals surface area contributed by atoms with Crippen LogP contribution in [0.2, 0.25) is 0 Å². The Morgan fingerprint density at radius 3 is 1.88 bits per heavy atom. The molecule has 0 saturated heterocycles. The maximum atomic E-state index is 14.1. The zero-order valence-electron chi connectivity index (χ0n) is 30.1. The summed E-state index contributed by atoms with van der Waals surface area (Å²) < 4.78 is 35.7. The van der Waals surface area contributed by atoms with Crippen molar-refractivity contribution in [2.24, 2.45) is 0 Å². The standard InChI is InChI=1S/C41H31F2N7O6/c1-4-49-38(52)36(46-31-20-28(42)19-29(43)21-31)32(23(3)51)35(48-49)26-14-10-15-27(18-26)40(54)56-41(55)33-34(25-12-7-6-8-13-25)47-50(5-2)39(53)37(33)45-30-16-9-11-24(17-30)22-44/h6-21,45-46H,4-5H2,1-3H3. The van der Waals surface area contributed by atoms with Crippen molar-refractivity contribution in [1.29, 1.82) is 5.26 Å². The molecule has 0 bridgehead atoms. The molecular weight excluding hydrogens is 724 g/mol. The van der Waals surface area contributed by atoms with Crippen molar-refractivity contribution >= 4 is 40.5 Å². The van der Waals surface area contributed by atoms with Crippen molar-refractivity contribution in [2.45, 2.75) is 33.9 Å². The van der Waals surface area contributed by atoms with Crippen LogP contribution in [0.25, 0.3) is 22.5 Å². The molecule has 0 atom stereocenters. The first-order valence-electron chi connectivity index (χ1n) is 17.2. The number of carbonyl (C=O) groups excluding carboxylic acids is 3. The number of ether oxygens (including phenoxy) is 1. The predicted octanol–water partition coefficient (Wildman–Crippen LogP) is 7.01. The number of nitrogens with one attached hydrogen (secondary N) is 2. The van der Waals surface area contributed by atoms with Crippen LogP contribution in [0.15, 0.2) is 107 Å². The summed E-state index contributed by atoms with van der Waals surface area (Å²) in [4.78, 5) is 68.1. The second kappa shape index (κ2) is 16.2. The lowest BCUT2D eigenvalue weighted by molar-refractivity contribution is 0.0398. The Labute approximate surface area is 317 Å². The quantitative estimate of drug-likeness (QED) is 0.0790. The second-order valence-electron chi connectivity index (χ2n) is 12.2. The SMILES string of the molecule is CCn1nc(-c2cccc(C(=O)OC(=O)c3c(-c4ccccc4)nn(CC)c(=O)c3Nc3cccc(C#N)c3)c2)c(C(C)=O)c(Nc2cc(F)cc(F)c2)c1=O. The Balaban J connectivity index is 1.43. The minimum Gasteiger partial charge on any atom is -0.386 e. The molecule has 2 aromatic heterocycles. The summed E-state index contributed by atoms with van der Waals surface area (Å²) in [5.41, 5.74) is -1.72. The first-order chi connectivity index (χ1) is 26.9. The molecule has 0 amide bonds. The van der Waals surface area contributed by atoms with Crippen LogP contribution in [0.3, 0.4) is 0 Å². The molecule has 0 fully saturated rings. The van der Waals surface area contributed by atoms with E-state index in [1.54, 1.807) is 62.4 Å². The Morgan fingerprint density at radius 1 is 0.696 bits per heavy atom. The molecule has 0 aliphatic heterocycles. The van der Waals surface area contributed by atoms with Crippen molar-refractivity contribution in [3.63, 3.8) is 0 Å². The molecule has 0 aliphatic carbocycles. The van der Waals surface area contributed by atoms with Crippen molar-refractivity contribution in [2.75, 3.05) is 10.6 Å². The van der Waals surface area contributed by atoms with Gasteiger partial charge in [-0.15, -0.1) is 0 Å². The molecule has 2 N–H and O–H groups in total. The number of esters is 2. The van der Waals surface area contributed by atoms with E-state index >= 15 is 0 Å². The molecule has 0 saturated carbocycles. The van der Waals surface area contributed by atoms with Gasteiger partial charge in [-0.2, -0.15) is 15.5 Å². The smallest absolute Gasteiger partial charge is 0.350 e. The summed E-state index contributed by atoms with van der Waals surface area (Å²) in [6.45, 7) is 4.66. The average molecular weight is 756 g/mol. The Morgan fingerprint density at radius 2 is 1.27 bits per heavy atom. The van der Waals surface area contributed by atoms with Gasteiger partial charge >= 0.3 is 11.9 Å². The van der Waals surface area contributed by atoms with E-state index in [0.29, 0.717) is 17.3 Å². The van der Waals surface area contributed by atoms with Crippen molar-refractivity contribution in [3.8, 4) is 28.6 Å². The van der Waals surface area contributed by atoms with E-state index in [2.05, 4.69) is 20.8 Å². The lowest BCUT2D eigenvalue weighted by Crippen LogP contribution is -2.29. The van der Waals surface area contributed by atoms with Crippen LogP contribution in [0.5, 0.6) is 0 Å². The molecule has 2 heterocycles. The molecule has 15 heteroatoms. The van der Waals surface area contributed by atoms with Gasteiger partial charge in [-0.05, 0) is 63.2 Å². The number of rotatable bonds is 11. The van der Waals surface area contributed by atoms with Gasteiger partial charge in [0.25, 0.3) is 11.1 Å². The normalized spacial score (nSPS) is 10.7. The molecular formula is C41H31F2N7O6. The van der Waals surface area contributed by atoms with Crippen molar-refractivity contribution in [3.05, 3.63) is 152 Å². The predicted molar refractivity (Wildman–Crippen MR) is 203 cm³/mol. The van der Waals surface area contributed by atoms with Gasteiger partial charge in [-0.1, -0.05) is 48.5 Å². The molecule has 13 nitrogen and oxygen atoms in total.